The van der Waals surface area contributed by atoms with Crippen molar-refractivity contribution in [3.63, 3.8) is 0 Å². The van der Waals surface area contributed by atoms with Gasteiger partial charge in [0, 0.05) is 0 Å². The van der Waals surface area contributed by atoms with E-state index >= 15 is 0 Å². The van der Waals surface area contributed by atoms with Gasteiger partial charge >= 0.3 is 39.1 Å². The van der Waals surface area contributed by atoms with Crippen LogP contribution in [0.2, 0.25) is 0 Å². The first-order valence-electron chi connectivity index (χ1n) is 0. The van der Waals surface area contributed by atoms with Gasteiger partial charge in [-0.15, -0.1) is 0 Å². The molecular formula is AlCl2Ti+4. The molecule has 0 heterocycles. The maximum atomic E-state index is 0. The first kappa shape index (κ1) is 40.7. The number of hydrogen-bond donors (Lipinski definition) is 0. The molecule has 0 aliphatic heterocycles. The van der Waals surface area contributed by atoms with E-state index in [0.29, 0.717) is 0 Å². The fraction of sp³-hybridized carbons (Fsp3) is 0. The molecule has 0 aliphatic rings. The van der Waals surface area contributed by atoms with Crippen molar-refractivity contribution in [2.45, 2.75) is 0 Å². The van der Waals surface area contributed by atoms with Gasteiger partial charge in [0.25, 0.3) is 0 Å². The van der Waals surface area contributed by atoms with Crippen LogP contribution < -0.4 is 24.8 Å². The van der Waals surface area contributed by atoms with E-state index in [1.807, 2.05) is 0 Å². The van der Waals surface area contributed by atoms with E-state index in [9.17, 15) is 0 Å². The monoisotopic (exact) mass is 145 g/mol. The summed E-state index contributed by atoms with van der Waals surface area (Å²) in [6.45, 7) is 0. The second-order valence-electron chi connectivity index (χ2n) is 0. The normalized spacial score (nSPS) is 0. The van der Waals surface area contributed by atoms with Crippen molar-refractivity contribution < 1.29 is 46.5 Å². The molecule has 0 aromatic carbocycles. The molecule has 0 bridgehead atoms. The predicted molar refractivity (Wildman–Crippen MR) is 5.75 cm³/mol. The van der Waals surface area contributed by atoms with E-state index in [2.05, 4.69) is 0 Å². The van der Waals surface area contributed by atoms with E-state index in [-0.39, 0.29) is 63.9 Å². The van der Waals surface area contributed by atoms with Crippen molar-refractivity contribution in [2.24, 2.45) is 0 Å². The molecule has 1 radical (unpaired) electrons. The van der Waals surface area contributed by atoms with Gasteiger partial charge in [-0.3, -0.25) is 0 Å². The average Bonchev–Trinajstić information content (AvgIpc) is 0. The summed E-state index contributed by atoms with van der Waals surface area (Å²) in [5, 5.41) is 0. The van der Waals surface area contributed by atoms with Crippen LogP contribution in [0.15, 0.2) is 0 Å². The molecule has 0 spiro atoms. The van der Waals surface area contributed by atoms with Crippen LogP contribution in [0.4, 0.5) is 0 Å². The SMILES string of the molecule is [Al+3].[Cl-].[Cl-].[Ti+3]. The Bertz CT molecular complexity index is 6.00. The minimum atomic E-state index is 0. The van der Waals surface area contributed by atoms with Crippen molar-refractivity contribution in [2.75, 3.05) is 0 Å². The van der Waals surface area contributed by atoms with E-state index in [1.54, 1.807) is 0 Å². The van der Waals surface area contributed by atoms with Crippen molar-refractivity contribution >= 4 is 17.4 Å². The summed E-state index contributed by atoms with van der Waals surface area (Å²) in [6, 6.07) is 0. The number of rotatable bonds is 0. The smallest absolute Gasteiger partial charge is 1.00 e. The van der Waals surface area contributed by atoms with Gasteiger partial charge in [0.2, 0.25) is 0 Å². The molecule has 0 saturated carbocycles. The van der Waals surface area contributed by atoms with E-state index in [4.69, 9.17) is 0 Å². The van der Waals surface area contributed by atoms with Crippen LogP contribution >= 0.6 is 0 Å². The Morgan fingerprint density at radius 2 is 0.750 bits per heavy atom. The minimum absolute atomic E-state index is 0. The summed E-state index contributed by atoms with van der Waals surface area (Å²) in [7, 11) is 0. The molecule has 17 valence electrons. The van der Waals surface area contributed by atoms with E-state index in [1.165, 1.54) is 0 Å². The van der Waals surface area contributed by atoms with Crippen LogP contribution in [0.3, 0.4) is 0 Å². The molecule has 0 atom stereocenters. The summed E-state index contributed by atoms with van der Waals surface area (Å²) < 4.78 is 0. The Morgan fingerprint density at radius 3 is 0.750 bits per heavy atom. The zero-order chi connectivity index (χ0) is 0. The van der Waals surface area contributed by atoms with E-state index in [0.717, 1.165) is 0 Å². The second-order valence-corrected chi connectivity index (χ2v) is 0. The first-order chi connectivity index (χ1) is 0. The average molecular weight is 146 g/mol. The molecule has 0 nitrogen and oxygen atoms in total. The standard InChI is InChI=1S/Al.2ClH.Ti/h;2*1H;/q+3;;;+3/p-2. The number of halogens is 2. The Labute approximate surface area is 63.6 Å². The third-order valence-corrected chi connectivity index (χ3v) is 0. The fourth-order valence-corrected chi connectivity index (χ4v) is 0. The molecule has 0 amide bonds. The first-order valence-corrected chi connectivity index (χ1v) is 0. The van der Waals surface area contributed by atoms with Crippen LogP contribution in [0, 0.1) is 0 Å². The molecule has 0 aromatic rings. The van der Waals surface area contributed by atoms with Crippen molar-refractivity contribution in [3.05, 3.63) is 0 Å². The van der Waals surface area contributed by atoms with Gasteiger partial charge in [0.1, 0.15) is 0 Å². The Hall–Kier alpha value is 1.83. The molecule has 4 heteroatoms. The van der Waals surface area contributed by atoms with Crippen molar-refractivity contribution in [3.8, 4) is 0 Å². The third-order valence-electron chi connectivity index (χ3n) is 0. The molecule has 0 rings (SSSR count). The van der Waals surface area contributed by atoms with Crippen LogP contribution in [0.5, 0.6) is 0 Å². The minimum Gasteiger partial charge on any atom is -1.00 e. The molecule has 0 aliphatic carbocycles. The van der Waals surface area contributed by atoms with Gasteiger partial charge in [-0.2, -0.15) is 0 Å². The van der Waals surface area contributed by atoms with Gasteiger partial charge in [0.15, 0.2) is 0 Å². The maximum Gasteiger partial charge on any atom is 3.00 e. The third kappa shape index (κ3) is 9.16. The van der Waals surface area contributed by atoms with Crippen molar-refractivity contribution in [1.82, 2.24) is 0 Å². The largest absolute Gasteiger partial charge is 3.00 e. The summed E-state index contributed by atoms with van der Waals surface area (Å²) >= 11 is 0. The fourth-order valence-electron chi connectivity index (χ4n) is 0. The molecular weight excluding hydrogens is 146 g/mol. The van der Waals surface area contributed by atoms with Gasteiger partial charge in [0.05, 0.1) is 0 Å². The molecule has 4 heavy (non-hydrogen) atoms. The van der Waals surface area contributed by atoms with Crippen LogP contribution in [-0.2, 0) is 21.7 Å². The van der Waals surface area contributed by atoms with E-state index < -0.39 is 0 Å². The van der Waals surface area contributed by atoms with Crippen LogP contribution in [-0.4, -0.2) is 17.4 Å². The van der Waals surface area contributed by atoms with Gasteiger partial charge in [-0.05, 0) is 0 Å². The quantitative estimate of drug-likeness (QED) is 0.298. The topological polar surface area (TPSA) is 0 Å². The van der Waals surface area contributed by atoms with Crippen molar-refractivity contribution in [1.29, 1.82) is 0 Å². The Kier molecular flexibility index (Phi) is 215. The maximum absolute atomic E-state index is 0. The Balaban J connectivity index is 0. The molecule has 0 N–H and O–H groups in total. The van der Waals surface area contributed by atoms with Gasteiger partial charge in [-0.25, -0.2) is 0 Å². The summed E-state index contributed by atoms with van der Waals surface area (Å²) in [4.78, 5) is 0. The summed E-state index contributed by atoms with van der Waals surface area (Å²) in [5.74, 6) is 0. The molecule has 0 fully saturated rings. The molecule has 0 saturated heterocycles. The van der Waals surface area contributed by atoms with Gasteiger partial charge in [-0.1, -0.05) is 0 Å². The zero-order valence-electron chi connectivity index (χ0n) is 1.83. The molecule has 0 unspecified atom stereocenters. The summed E-state index contributed by atoms with van der Waals surface area (Å²) in [5.41, 5.74) is 0. The Morgan fingerprint density at radius 1 is 0.750 bits per heavy atom. The zero-order valence-corrected chi connectivity index (χ0v) is 6.06. The van der Waals surface area contributed by atoms with Crippen LogP contribution in [0.25, 0.3) is 0 Å². The number of hydrogen-bond acceptors (Lipinski definition) is 0. The van der Waals surface area contributed by atoms with Gasteiger partial charge < -0.3 is 24.8 Å². The summed E-state index contributed by atoms with van der Waals surface area (Å²) in [6.07, 6.45) is 0. The second kappa shape index (κ2) is 21.2. The van der Waals surface area contributed by atoms with Crippen LogP contribution in [0.1, 0.15) is 0 Å². The predicted octanol–water partition coefficient (Wildman–Crippen LogP) is -6.38. The molecule has 0 aromatic heterocycles.